The van der Waals surface area contributed by atoms with Gasteiger partial charge in [0.05, 0.1) is 33.1 Å². The summed E-state index contributed by atoms with van der Waals surface area (Å²) < 4.78 is 17.1. The first-order chi connectivity index (χ1) is 21.2. The average Bonchev–Trinajstić information content (AvgIpc) is 3.28. The predicted molar refractivity (Wildman–Crippen MR) is 169 cm³/mol. The van der Waals surface area contributed by atoms with Crippen LogP contribution >= 0.6 is 0 Å². The second-order valence-corrected chi connectivity index (χ2v) is 11.0. The zero-order valence-electron chi connectivity index (χ0n) is 25.8. The predicted octanol–water partition coefficient (Wildman–Crippen LogP) is 3.41. The molecule has 1 saturated heterocycles. The summed E-state index contributed by atoms with van der Waals surface area (Å²) in [6.45, 7) is 5.69. The number of anilines is 2. The molecule has 0 bridgehead atoms. The minimum Gasteiger partial charge on any atom is -0.493 e. The molecular formula is C33H39N5O6. The number of pyridine rings is 1. The molecule has 2 aliphatic rings. The first-order valence-electron chi connectivity index (χ1n) is 14.7. The number of nitrogens with zero attached hydrogens (tertiary/aromatic N) is 3. The third-order valence-electron chi connectivity index (χ3n) is 8.22. The van der Waals surface area contributed by atoms with Gasteiger partial charge in [0.15, 0.2) is 11.5 Å². The molecule has 0 radical (unpaired) electrons. The Kier molecular flexibility index (Phi) is 9.22. The molecule has 2 N–H and O–H groups in total. The van der Waals surface area contributed by atoms with Crippen molar-refractivity contribution in [3.63, 3.8) is 0 Å². The second-order valence-electron chi connectivity index (χ2n) is 11.0. The van der Waals surface area contributed by atoms with Gasteiger partial charge in [-0.2, -0.15) is 0 Å². The fourth-order valence-corrected chi connectivity index (χ4v) is 6.09. The van der Waals surface area contributed by atoms with Gasteiger partial charge < -0.3 is 34.6 Å². The van der Waals surface area contributed by atoms with Gasteiger partial charge in [0.25, 0.3) is 0 Å². The normalized spacial score (nSPS) is 16.5. The maximum Gasteiger partial charge on any atom is 0.244 e. The van der Waals surface area contributed by atoms with Crippen LogP contribution in [0.15, 0.2) is 53.5 Å². The number of hydrogen-bond donors (Lipinski definition) is 2. The van der Waals surface area contributed by atoms with Gasteiger partial charge in [-0.25, -0.2) is 4.98 Å². The van der Waals surface area contributed by atoms with Gasteiger partial charge >= 0.3 is 0 Å². The lowest BCUT2D eigenvalue weighted by Crippen LogP contribution is -2.52. The lowest BCUT2D eigenvalue weighted by Gasteiger charge is -2.36. The van der Waals surface area contributed by atoms with Crippen molar-refractivity contribution in [2.75, 3.05) is 57.7 Å². The standard InChI is InChI=1S/C33H39N5O6/c1-20(33(41)38-16-14-37(15-17-38)29-8-6-7-13-34-29)35-26-12-10-23-24(19-27(26)40)25(36-21(2)39)11-9-22-18-28(42-3)31(43-4)32(44-5)30(22)23/h6-8,10,12-13,18-20,25H,9,11,14-17H2,1-5H3,(H,35,40)(H,36,39)/t20-,25-/m0/s1. The van der Waals surface area contributed by atoms with E-state index < -0.39 is 12.1 Å². The van der Waals surface area contributed by atoms with Gasteiger partial charge in [-0.3, -0.25) is 14.4 Å². The zero-order chi connectivity index (χ0) is 31.4. The number of hydrogen-bond acceptors (Lipinski definition) is 9. The summed E-state index contributed by atoms with van der Waals surface area (Å²) in [4.78, 5) is 47.7. The van der Waals surface area contributed by atoms with E-state index in [1.807, 2.05) is 35.2 Å². The van der Waals surface area contributed by atoms with Crippen LogP contribution in [-0.4, -0.2) is 75.2 Å². The first kappa shape index (κ1) is 30.7. The number of ether oxygens (including phenoxy) is 3. The number of carbonyl (C=O) groups is 2. The minimum atomic E-state index is -0.636. The van der Waals surface area contributed by atoms with Crippen molar-refractivity contribution in [1.82, 2.24) is 15.2 Å². The molecule has 44 heavy (non-hydrogen) atoms. The van der Waals surface area contributed by atoms with Crippen molar-refractivity contribution in [1.29, 1.82) is 0 Å². The van der Waals surface area contributed by atoms with Crippen LogP contribution in [0.1, 0.15) is 37.4 Å². The van der Waals surface area contributed by atoms with E-state index in [1.165, 1.54) is 6.92 Å². The highest BCUT2D eigenvalue weighted by atomic mass is 16.5. The number of amides is 2. The van der Waals surface area contributed by atoms with Crippen LogP contribution in [0.2, 0.25) is 0 Å². The van der Waals surface area contributed by atoms with Crippen molar-refractivity contribution in [3.05, 3.63) is 70.0 Å². The summed E-state index contributed by atoms with van der Waals surface area (Å²) in [7, 11) is 4.68. The SMILES string of the molecule is COc1cc2c(c(OC)c1OC)-c1ccc(N[C@@H](C)C(=O)N3CCN(c4ccccn4)CC3)c(=O)cc1[C@@H](NC(C)=O)CC2. The van der Waals surface area contributed by atoms with Crippen molar-refractivity contribution in [3.8, 4) is 28.4 Å². The van der Waals surface area contributed by atoms with Crippen molar-refractivity contribution >= 4 is 23.3 Å². The van der Waals surface area contributed by atoms with Gasteiger partial charge in [-0.1, -0.05) is 12.1 Å². The highest BCUT2D eigenvalue weighted by Crippen LogP contribution is 2.50. The Morgan fingerprint density at radius 3 is 2.36 bits per heavy atom. The molecule has 1 fully saturated rings. The monoisotopic (exact) mass is 601 g/mol. The molecule has 0 saturated carbocycles. The summed E-state index contributed by atoms with van der Waals surface area (Å²) in [6, 6.07) is 11.7. The van der Waals surface area contributed by atoms with Gasteiger partial charge in [-0.05, 0) is 66.8 Å². The molecule has 232 valence electrons. The van der Waals surface area contributed by atoms with E-state index in [-0.39, 0.29) is 22.9 Å². The Balaban J connectivity index is 1.46. The molecular weight excluding hydrogens is 562 g/mol. The topological polar surface area (TPSA) is 122 Å². The smallest absolute Gasteiger partial charge is 0.244 e. The van der Waals surface area contributed by atoms with Gasteiger partial charge in [0.1, 0.15) is 11.9 Å². The Hall–Kier alpha value is -4.80. The van der Waals surface area contributed by atoms with Gasteiger partial charge in [0, 0.05) is 44.9 Å². The fourth-order valence-electron chi connectivity index (χ4n) is 6.09. The summed E-state index contributed by atoms with van der Waals surface area (Å²) in [5, 5.41) is 6.18. The molecule has 11 heteroatoms. The number of benzene rings is 1. The Morgan fingerprint density at radius 2 is 1.73 bits per heavy atom. The van der Waals surface area contributed by atoms with E-state index in [9.17, 15) is 14.4 Å². The summed E-state index contributed by atoms with van der Waals surface area (Å²) in [5.41, 5.74) is 3.09. The van der Waals surface area contributed by atoms with E-state index in [0.29, 0.717) is 61.8 Å². The third kappa shape index (κ3) is 6.13. The molecule has 2 aromatic carbocycles. The van der Waals surface area contributed by atoms with Crippen LogP contribution in [0.3, 0.4) is 0 Å². The minimum absolute atomic E-state index is 0.0851. The summed E-state index contributed by atoms with van der Waals surface area (Å²) in [6.07, 6.45) is 2.93. The van der Waals surface area contributed by atoms with E-state index in [2.05, 4.69) is 20.5 Å². The maximum atomic E-state index is 13.7. The Morgan fingerprint density at radius 1 is 0.977 bits per heavy atom. The molecule has 5 rings (SSSR count). The second kappa shape index (κ2) is 13.2. The van der Waals surface area contributed by atoms with Crippen LogP contribution in [0.4, 0.5) is 11.5 Å². The molecule has 0 spiro atoms. The number of carbonyl (C=O) groups excluding carboxylic acids is 2. The molecule has 1 aliphatic carbocycles. The number of fused-ring (bicyclic) bond motifs is 3. The fraction of sp³-hybridized carbons (Fsp3) is 0.394. The molecule has 11 nitrogen and oxygen atoms in total. The lowest BCUT2D eigenvalue weighted by atomic mass is 9.95. The zero-order valence-corrected chi connectivity index (χ0v) is 25.8. The highest BCUT2D eigenvalue weighted by Gasteiger charge is 2.30. The molecule has 2 heterocycles. The number of aryl methyl sites for hydroxylation is 1. The molecule has 3 aromatic rings. The number of piperazine rings is 1. The Bertz CT molecular complexity index is 1590. The van der Waals surface area contributed by atoms with E-state index >= 15 is 0 Å². The Labute approximate surface area is 257 Å². The van der Waals surface area contributed by atoms with Gasteiger partial charge in [-0.15, -0.1) is 0 Å². The first-order valence-corrected chi connectivity index (χ1v) is 14.7. The van der Waals surface area contributed by atoms with Crippen molar-refractivity contribution < 1.29 is 23.8 Å². The molecule has 2 atom stereocenters. The van der Waals surface area contributed by atoms with Crippen LogP contribution in [0.5, 0.6) is 17.2 Å². The highest BCUT2D eigenvalue weighted by molar-refractivity contribution is 5.86. The number of rotatable bonds is 8. The average molecular weight is 602 g/mol. The van der Waals surface area contributed by atoms with E-state index in [0.717, 1.165) is 22.5 Å². The number of aromatic nitrogens is 1. The summed E-state index contributed by atoms with van der Waals surface area (Å²) in [5.74, 6) is 2.06. The molecule has 1 aromatic heterocycles. The quantitative estimate of drug-likeness (QED) is 0.400. The molecule has 2 amide bonds. The molecule has 1 aliphatic heterocycles. The maximum absolute atomic E-state index is 13.7. The van der Waals surface area contributed by atoms with Crippen LogP contribution in [-0.2, 0) is 16.0 Å². The third-order valence-corrected chi connectivity index (χ3v) is 8.22. The van der Waals surface area contributed by atoms with E-state index in [4.69, 9.17) is 14.2 Å². The largest absolute Gasteiger partial charge is 0.493 e. The van der Waals surface area contributed by atoms with Crippen LogP contribution < -0.4 is 35.2 Å². The number of methoxy groups -OCH3 is 3. The van der Waals surface area contributed by atoms with Crippen molar-refractivity contribution in [2.45, 2.75) is 38.8 Å². The van der Waals surface area contributed by atoms with Gasteiger partial charge in [0.2, 0.25) is 23.0 Å². The van der Waals surface area contributed by atoms with Crippen LogP contribution in [0, 0.1) is 0 Å². The van der Waals surface area contributed by atoms with Crippen molar-refractivity contribution in [2.24, 2.45) is 0 Å². The molecule has 0 unspecified atom stereocenters. The van der Waals surface area contributed by atoms with E-state index in [1.54, 1.807) is 46.6 Å². The lowest BCUT2D eigenvalue weighted by molar-refractivity contribution is -0.132. The summed E-state index contributed by atoms with van der Waals surface area (Å²) >= 11 is 0. The van der Waals surface area contributed by atoms with Crippen LogP contribution in [0.25, 0.3) is 11.1 Å². The number of nitrogens with one attached hydrogen (secondary N) is 2.